The van der Waals surface area contributed by atoms with E-state index in [1.165, 1.54) is 4.90 Å². The first-order valence-corrected chi connectivity index (χ1v) is 8.24. The molecular formula is C18H22N2O5. The molecule has 0 unspecified atom stereocenters. The highest BCUT2D eigenvalue weighted by Gasteiger charge is 2.41. The topological polar surface area (TPSA) is 68.3 Å². The number of methoxy groups -OCH3 is 2. The van der Waals surface area contributed by atoms with Crippen LogP contribution in [-0.2, 0) is 19.1 Å². The van der Waals surface area contributed by atoms with Crippen LogP contribution in [0.3, 0.4) is 0 Å². The largest absolute Gasteiger partial charge is 0.497 e. The summed E-state index contributed by atoms with van der Waals surface area (Å²) in [6.45, 7) is 2.81. The van der Waals surface area contributed by atoms with Crippen molar-refractivity contribution in [3.8, 4) is 5.75 Å². The Balaban J connectivity index is 2.00. The van der Waals surface area contributed by atoms with Gasteiger partial charge in [0.2, 0.25) is 0 Å². The Morgan fingerprint density at radius 3 is 2.32 bits per heavy atom. The number of rotatable bonds is 6. The standard InChI is InChI=1S/C18H22N2O5/c1-23-10-9-20-17(21)15(13-3-5-14(24-2)6-4-13)16(18(20)22)19-7-11-25-12-8-19/h3-6H,7-12H2,1-2H3. The van der Waals surface area contributed by atoms with Crippen LogP contribution in [0.25, 0.3) is 5.57 Å². The summed E-state index contributed by atoms with van der Waals surface area (Å²) in [6, 6.07) is 7.18. The van der Waals surface area contributed by atoms with Crippen molar-refractivity contribution < 1.29 is 23.8 Å². The lowest BCUT2D eigenvalue weighted by Crippen LogP contribution is -2.41. The molecule has 2 amide bonds. The zero-order chi connectivity index (χ0) is 17.8. The molecule has 134 valence electrons. The van der Waals surface area contributed by atoms with Gasteiger partial charge in [-0.1, -0.05) is 12.1 Å². The Morgan fingerprint density at radius 1 is 1.04 bits per heavy atom. The summed E-state index contributed by atoms with van der Waals surface area (Å²) in [5.74, 6) is 0.147. The molecule has 0 bridgehead atoms. The van der Waals surface area contributed by atoms with Gasteiger partial charge in [0, 0.05) is 20.2 Å². The van der Waals surface area contributed by atoms with Crippen LogP contribution in [0.5, 0.6) is 5.75 Å². The van der Waals surface area contributed by atoms with Gasteiger partial charge in [-0.25, -0.2) is 0 Å². The molecule has 0 aromatic heterocycles. The van der Waals surface area contributed by atoms with Crippen molar-refractivity contribution in [2.75, 3.05) is 53.7 Å². The Kier molecular flexibility index (Phi) is 5.35. The quantitative estimate of drug-likeness (QED) is 0.708. The summed E-state index contributed by atoms with van der Waals surface area (Å²) in [7, 11) is 3.13. The molecule has 0 N–H and O–H groups in total. The maximum atomic E-state index is 12.9. The number of ether oxygens (including phenoxy) is 3. The van der Waals surface area contributed by atoms with Crippen LogP contribution in [0.1, 0.15) is 5.56 Å². The maximum Gasteiger partial charge on any atom is 0.277 e. The molecule has 1 aromatic carbocycles. The second kappa shape index (κ2) is 7.67. The fourth-order valence-electron chi connectivity index (χ4n) is 3.05. The Hall–Kier alpha value is -2.38. The van der Waals surface area contributed by atoms with E-state index in [9.17, 15) is 9.59 Å². The predicted molar refractivity (Wildman–Crippen MR) is 90.9 cm³/mol. The number of imide groups is 1. The number of carbonyl (C=O) groups excluding carboxylic acids is 2. The van der Waals surface area contributed by atoms with Crippen LogP contribution in [-0.4, -0.2) is 75.3 Å². The summed E-state index contributed by atoms with van der Waals surface area (Å²) < 4.78 is 15.6. The number of nitrogens with zero attached hydrogens (tertiary/aromatic N) is 2. The van der Waals surface area contributed by atoms with E-state index in [2.05, 4.69) is 0 Å². The first-order valence-electron chi connectivity index (χ1n) is 8.24. The number of hydrogen-bond donors (Lipinski definition) is 0. The summed E-state index contributed by atoms with van der Waals surface area (Å²) in [6.07, 6.45) is 0. The molecule has 0 radical (unpaired) electrons. The molecule has 2 aliphatic rings. The van der Waals surface area contributed by atoms with Crippen LogP contribution in [0, 0.1) is 0 Å². The molecule has 2 heterocycles. The third-order valence-corrected chi connectivity index (χ3v) is 4.37. The maximum absolute atomic E-state index is 12.9. The Morgan fingerprint density at radius 2 is 1.72 bits per heavy atom. The fourth-order valence-corrected chi connectivity index (χ4v) is 3.05. The minimum Gasteiger partial charge on any atom is -0.497 e. The number of morpholine rings is 1. The van der Waals surface area contributed by atoms with Gasteiger partial charge in [-0.05, 0) is 17.7 Å². The van der Waals surface area contributed by atoms with E-state index >= 15 is 0 Å². The van der Waals surface area contributed by atoms with E-state index in [0.717, 1.165) is 0 Å². The van der Waals surface area contributed by atoms with Gasteiger partial charge >= 0.3 is 0 Å². The van der Waals surface area contributed by atoms with Gasteiger partial charge < -0.3 is 19.1 Å². The van der Waals surface area contributed by atoms with Crippen molar-refractivity contribution in [3.05, 3.63) is 35.5 Å². The Labute approximate surface area is 146 Å². The van der Waals surface area contributed by atoms with Gasteiger partial charge in [0.05, 0.1) is 39.0 Å². The van der Waals surface area contributed by atoms with E-state index in [0.29, 0.717) is 55.5 Å². The zero-order valence-corrected chi connectivity index (χ0v) is 14.5. The molecule has 7 heteroatoms. The van der Waals surface area contributed by atoms with Gasteiger partial charge in [-0.3, -0.25) is 14.5 Å². The lowest BCUT2D eigenvalue weighted by molar-refractivity contribution is -0.138. The number of carbonyl (C=O) groups is 2. The highest BCUT2D eigenvalue weighted by molar-refractivity contribution is 6.35. The van der Waals surface area contributed by atoms with Crippen LogP contribution < -0.4 is 4.74 Å². The minimum absolute atomic E-state index is 0.238. The molecule has 0 atom stereocenters. The van der Waals surface area contributed by atoms with Crippen LogP contribution in [0.2, 0.25) is 0 Å². The lowest BCUT2D eigenvalue weighted by atomic mass is 10.0. The van der Waals surface area contributed by atoms with Gasteiger partial charge in [0.25, 0.3) is 11.8 Å². The van der Waals surface area contributed by atoms with E-state index in [1.807, 2.05) is 4.90 Å². The third-order valence-electron chi connectivity index (χ3n) is 4.37. The summed E-state index contributed by atoms with van der Waals surface area (Å²) in [5.41, 5.74) is 1.60. The van der Waals surface area contributed by atoms with Gasteiger partial charge in [-0.15, -0.1) is 0 Å². The predicted octanol–water partition coefficient (Wildman–Crippen LogP) is 0.754. The lowest BCUT2D eigenvalue weighted by Gasteiger charge is -2.29. The number of benzene rings is 1. The molecule has 0 saturated carbocycles. The van der Waals surface area contributed by atoms with Crippen molar-refractivity contribution in [2.45, 2.75) is 0 Å². The zero-order valence-electron chi connectivity index (χ0n) is 14.5. The van der Waals surface area contributed by atoms with Crippen molar-refractivity contribution >= 4 is 17.4 Å². The molecular weight excluding hydrogens is 324 g/mol. The van der Waals surface area contributed by atoms with Crippen LogP contribution >= 0.6 is 0 Å². The second-order valence-corrected chi connectivity index (χ2v) is 5.81. The molecule has 1 fully saturated rings. The van der Waals surface area contributed by atoms with Gasteiger partial charge in [-0.2, -0.15) is 0 Å². The van der Waals surface area contributed by atoms with E-state index < -0.39 is 0 Å². The monoisotopic (exact) mass is 346 g/mol. The van der Waals surface area contributed by atoms with Crippen molar-refractivity contribution in [1.29, 1.82) is 0 Å². The molecule has 25 heavy (non-hydrogen) atoms. The first-order chi connectivity index (χ1) is 12.2. The molecule has 3 rings (SSSR count). The number of amides is 2. The third kappa shape index (κ3) is 3.38. The average molecular weight is 346 g/mol. The number of hydrogen-bond acceptors (Lipinski definition) is 6. The molecule has 0 spiro atoms. The van der Waals surface area contributed by atoms with E-state index in [4.69, 9.17) is 14.2 Å². The summed E-state index contributed by atoms with van der Waals surface area (Å²) >= 11 is 0. The molecule has 1 aromatic rings. The molecule has 7 nitrogen and oxygen atoms in total. The molecule has 2 aliphatic heterocycles. The average Bonchev–Trinajstić information content (AvgIpc) is 2.91. The SMILES string of the molecule is COCCN1C(=O)C(c2ccc(OC)cc2)=C(N2CCOCC2)C1=O. The van der Waals surface area contributed by atoms with E-state index in [-0.39, 0.29) is 18.4 Å². The Bertz CT molecular complexity index is 677. The van der Waals surface area contributed by atoms with Crippen LogP contribution in [0.4, 0.5) is 0 Å². The highest BCUT2D eigenvalue weighted by atomic mass is 16.5. The molecule has 0 aliphatic carbocycles. The summed E-state index contributed by atoms with van der Waals surface area (Å²) in [5, 5.41) is 0. The van der Waals surface area contributed by atoms with Crippen molar-refractivity contribution in [2.24, 2.45) is 0 Å². The normalized spacial score (nSPS) is 18.3. The van der Waals surface area contributed by atoms with E-state index in [1.54, 1.807) is 38.5 Å². The first kappa shape index (κ1) is 17.4. The smallest absolute Gasteiger partial charge is 0.277 e. The van der Waals surface area contributed by atoms with Gasteiger partial charge in [0.15, 0.2) is 0 Å². The highest BCUT2D eigenvalue weighted by Crippen LogP contribution is 2.32. The minimum atomic E-state index is -0.284. The van der Waals surface area contributed by atoms with Crippen molar-refractivity contribution in [1.82, 2.24) is 9.80 Å². The van der Waals surface area contributed by atoms with Crippen molar-refractivity contribution in [3.63, 3.8) is 0 Å². The fraction of sp³-hybridized carbons (Fsp3) is 0.444. The van der Waals surface area contributed by atoms with Crippen LogP contribution in [0.15, 0.2) is 30.0 Å². The van der Waals surface area contributed by atoms with Gasteiger partial charge in [0.1, 0.15) is 11.4 Å². The molecule has 1 saturated heterocycles. The second-order valence-electron chi connectivity index (χ2n) is 5.81. The summed E-state index contributed by atoms with van der Waals surface area (Å²) in [4.78, 5) is 29.0.